The zero-order valence-electron chi connectivity index (χ0n) is 22.8. The fraction of sp³-hybridized carbons (Fsp3) is 0.308. The summed E-state index contributed by atoms with van der Waals surface area (Å²) in [6.45, 7) is 0. The molecule has 0 aliphatic heterocycles. The van der Waals surface area contributed by atoms with Gasteiger partial charge in [0.25, 0.3) is 5.56 Å². The Hall–Kier alpha value is -5.15. The Morgan fingerprint density at radius 2 is 1.88 bits per heavy atom. The van der Waals surface area contributed by atoms with Crippen molar-refractivity contribution in [1.29, 1.82) is 0 Å². The van der Waals surface area contributed by atoms with E-state index < -0.39 is 17.3 Å². The van der Waals surface area contributed by atoms with E-state index in [4.69, 9.17) is 9.47 Å². The topological polar surface area (TPSA) is 134 Å². The van der Waals surface area contributed by atoms with Gasteiger partial charge in [0.2, 0.25) is 11.9 Å². The van der Waals surface area contributed by atoms with Crippen LogP contribution >= 0.6 is 0 Å². The molecule has 16 heteroatoms. The van der Waals surface area contributed by atoms with Gasteiger partial charge >= 0.3 is 6.18 Å². The third-order valence-corrected chi connectivity index (χ3v) is 6.96. The van der Waals surface area contributed by atoms with E-state index in [-0.39, 0.29) is 40.6 Å². The molecule has 1 amide bonds. The van der Waals surface area contributed by atoms with Crippen LogP contribution in [0.2, 0.25) is 0 Å². The molecule has 5 heterocycles. The first kappa shape index (κ1) is 27.0. The number of carbonyl (C=O) groups is 1. The molecule has 0 aromatic carbocycles. The summed E-state index contributed by atoms with van der Waals surface area (Å²) in [5, 5.41) is 7.01. The first-order chi connectivity index (χ1) is 20.0. The van der Waals surface area contributed by atoms with Crippen LogP contribution in [0.4, 0.5) is 30.6 Å². The van der Waals surface area contributed by atoms with Crippen molar-refractivity contribution in [3.8, 4) is 17.2 Å². The third-order valence-electron chi connectivity index (χ3n) is 6.96. The molecule has 218 valence electrons. The number of fused-ring (bicyclic) bond motifs is 2. The summed E-state index contributed by atoms with van der Waals surface area (Å²) in [6.07, 6.45) is 3.85. The number of alkyl halides is 3. The number of nitrogens with one attached hydrogen (secondary N) is 1. The smallest absolute Gasteiger partial charge is 0.417 e. The largest absolute Gasteiger partial charge is 0.491 e. The first-order valence-corrected chi connectivity index (χ1v) is 12.7. The summed E-state index contributed by atoms with van der Waals surface area (Å²) < 4.78 is 55.6. The number of imidazole rings is 1. The van der Waals surface area contributed by atoms with Crippen molar-refractivity contribution in [2.75, 3.05) is 24.4 Å². The van der Waals surface area contributed by atoms with Gasteiger partial charge in [0.15, 0.2) is 28.7 Å². The lowest BCUT2D eigenvalue weighted by molar-refractivity contribution is -0.138. The van der Waals surface area contributed by atoms with Gasteiger partial charge in [-0.2, -0.15) is 23.3 Å². The van der Waals surface area contributed by atoms with Gasteiger partial charge in [-0.05, 0) is 18.9 Å². The highest BCUT2D eigenvalue weighted by Gasteiger charge is 2.34. The van der Waals surface area contributed by atoms with Crippen molar-refractivity contribution < 1.29 is 27.4 Å². The molecule has 0 unspecified atom stereocenters. The zero-order valence-corrected chi connectivity index (χ0v) is 22.8. The molecule has 5 aromatic heterocycles. The van der Waals surface area contributed by atoms with Crippen LogP contribution in [0.1, 0.15) is 18.4 Å². The predicted octanol–water partition coefficient (Wildman–Crippen LogP) is 3.65. The highest BCUT2D eigenvalue weighted by molar-refractivity contribution is 5.95. The highest BCUT2D eigenvalue weighted by atomic mass is 19.4. The Morgan fingerprint density at radius 1 is 1.12 bits per heavy atom. The predicted molar refractivity (Wildman–Crippen MR) is 144 cm³/mol. The SMILES string of the molecule is COc1c(Oc2cnn3cc(N(C)C(=O)C4CC4)ncc23)cnc2nc(Nc3cc(C(F)(F)F)cn(C)c3=O)n(C)c12. The Kier molecular flexibility index (Phi) is 6.27. The molecule has 0 atom stereocenters. The molecule has 0 bridgehead atoms. The second-order valence-electron chi connectivity index (χ2n) is 9.86. The van der Waals surface area contributed by atoms with Crippen molar-refractivity contribution in [3.63, 3.8) is 0 Å². The van der Waals surface area contributed by atoms with E-state index in [0.29, 0.717) is 22.6 Å². The third kappa shape index (κ3) is 4.63. The Bertz CT molecular complexity index is 1920. The van der Waals surface area contributed by atoms with E-state index in [1.165, 1.54) is 46.7 Å². The molecule has 1 N–H and O–H groups in total. The van der Waals surface area contributed by atoms with Gasteiger partial charge in [-0.15, -0.1) is 0 Å². The molecule has 1 fully saturated rings. The number of amides is 1. The molecule has 5 aromatic rings. The van der Waals surface area contributed by atoms with E-state index in [9.17, 15) is 22.8 Å². The monoisotopic (exact) mass is 583 g/mol. The second kappa shape index (κ2) is 9.74. The molecule has 0 saturated heterocycles. The average Bonchev–Trinajstić information content (AvgIpc) is 3.67. The lowest BCUT2D eigenvalue weighted by Crippen LogP contribution is -2.28. The molecule has 1 aliphatic carbocycles. The summed E-state index contributed by atoms with van der Waals surface area (Å²) in [6, 6.07) is 0.727. The number of nitrogens with zero attached hydrogens (tertiary/aromatic N) is 8. The number of anilines is 3. The zero-order chi connectivity index (χ0) is 29.9. The quantitative estimate of drug-likeness (QED) is 0.305. The van der Waals surface area contributed by atoms with Crippen LogP contribution in [-0.2, 0) is 25.1 Å². The van der Waals surface area contributed by atoms with Crippen molar-refractivity contribution in [1.82, 2.24) is 33.7 Å². The van der Waals surface area contributed by atoms with E-state index in [1.807, 2.05) is 0 Å². The van der Waals surface area contributed by atoms with Gasteiger partial charge in [0.1, 0.15) is 16.7 Å². The summed E-state index contributed by atoms with van der Waals surface area (Å²) >= 11 is 0. The van der Waals surface area contributed by atoms with Gasteiger partial charge in [-0.3, -0.25) is 14.5 Å². The number of rotatable bonds is 7. The van der Waals surface area contributed by atoms with Gasteiger partial charge in [0.05, 0.1) is 37.5 Å². The minimum atomic E-state index is -4.65. The number of aromatic nitrogens is 7. The van der Waals surface area contributed by atoms with Crippen LogP contribution in [0.3, 0.4) is 0 Å². The van der Waals surface area contributed by atoms with Crippen LogP contribution in [0.5, 0.6) is 17.2 Å². The average molecular weight is 584 g/mol. The normalized spacial score (nSPS) is 13.5. The van der Waals surface area contributed by atoms with Gasteiger partial charge in [-0.1, -0.05) is 0 Å². The van der Waals surface area contributed by atoms with Crippen molar-refractivity contribution in [2.45, 2.75) is 19.0 Å². The van der Waals surface area contributed by atoms with E-state index >= 15 is 0 Å². The molecular formula is C26H24F3N9O4. The number of hydrogen-bond acceptors (Lipinski definition) is 9. The summed E-state index contributed by atoms with van der Waals surface area (Å²) in [5.41, 5.74) is -0.911. The summed E-state index contributed by atoms with van der Waals surface area (Å²) in [5.74, 6) is 1.32. The fourth-order valence-corrected chi connectivity index (χ4v) is 4.52. The maximum atomic E-state index is 13.3. The number of aryl methyl sites for hydroxylation is 2. The maximum Gasteiger partial charge on any atom is 0.417 e. The minimum Gasteiger partial charge on any atom is -0.491 e. The minimum absolute atomic E-state index is 0.00745. The molecule has 6 rings (SSSR count). The molecule has 0 radical (unpaired) electrons. The van der Waals surface area contributed by atoms with Crippen molar-refractivity contribution >= 4 is 40.0 Å². The lowest BCUT2D eigenvalue weighted by Gasteiger charge is -2.15. The molecular weight excluding hydrogens is 559 g/mol. The van der Waals surface area contributed by atoms with Crippen molar-refractivity contribution in [2.24, 2.45) is 20.0 Å². The van der Waals surface area contributed by atoms with Gasteiger partial charge < -0.3 is 23.9 Å². The number of methoxy groups -OCH3 is 1. The fourth-order valence-electron chi connectivity index (χ4n) is 4.52. The number of pyridine rings is 2. The Balaban J connectivity index is 1.33. The number of ether oxygens (including phenoxy) is 2. The van der Waals surface area contributed by atoms with Gasteiger partial charge in [-0.25, -0.2) is 14.5 Å². The standard InChI is InChI=1S/C26H24F3N9O4/c1-35-11-14(26(27,28)29)7-15(24(35)40)33-25-34-22-20(37(25)3)21(41-4)18(9-31-22)42-17-10-32-38-12-19(30-8-16(17)38)36(2)23(39)13-5-6-13/h7-13H,5-6H2,1-4H3,(H,31,33,34). The molecule has 42 heavy (non-hydrogen) atoms. The Labute approximate surface area is 235 Å². The number of hydrogen-bond donors (Lipinski definition) is 1. The first-order valence-electron chi connectivity index (χ1n) is 12.7. The van der Waals surface area contributed by atoms with Crippen LogP contribution in [0.15, 0.2) is 41.8 Å². The van der Waals surface area contributed by atoms with E-state index in [0.717, 1.165) is 29.7 Å². The number of halogens is 3. The van der Waals surface area contributed by atoms with E-state index in [1.54, 1.807) is 20.3 Å². The second-order valence-corrected chi connectivity index (χ2v) is 9.86. The van der Waals surface area contributed by atoms with Crippen LogP contribution in [0.25, 0.3) is 16.7 Å². The maximum absolute atomic E-state index is 13.3. The summed E-state index contributed by atoms with van der Waals surface area (Å²) in [7, 11) is 5.91. The van der Waals surface area contributed by atoms with Crippen molar-refractivity contribution in [3.05, 3.63) is 53.0 Å². The van der Waals surface area contributed by atoms with Crippen LogP contribution in [-0.4, -0.2) is 53.8 Å². The molecule has 1 saturated carbocycles. The van der Waals surface area contributed by atoms with Gasteiger partial charge in [0, 0.05) is 33.3 Å². The molecule has 1 aliphatic rings. The summed E-state index contributed by atoms with van der Waals surface area (Å²) in [4.78, 5) is 39.6. The number of carbonyl (C=O) groups excluding carboxylic acids is 1. The van der Waals surface area contributed by atoms with Crippen LogP contribution in [0, 0.1) is 5.92 Å². The van der Waals surface area contributed by atoms with E-state index in [2.05, 4.69) is 25.4 Å². The Morgan fingerprint density at radius 3 is 2.57 bits per heavy atom. The molecule has 0 spiro atoms. The lowest BCUT2D eigenvalue weighted by atomic mass is 10.2. The molecule has 13 nitrogen and oxygen atoms in total. The highest BCUT2D eigenvalue weighted by Crippen LogP contribution is 2.39. The van der Waals surface area contributed by atoms with Crippen LogP contribution < -0.4 is 25.2 Å².